The van der Waals surface area contributed by atoms with E-state index in [4.69, 9.17) is 0 Å². The summed E-state index contributed by atoms with van der Waals surface area (Å²) < 4.78 is 13.1. The van der Waals surface area contributed by atoms with E-state index < -0.39 is 10.8 Å². The molecule has 2 rings (SSSR count). The molecule has 0 radical (unpaired) electrons. The van der Waals surface area contributed by atoms with Gasteiger partial charge in [0.05, 0.1) is 5.25 Å². The molecule has 0 saturated carbocycles. The van der Waals surface area contributed by atoms with Crippen molar-refractivity contribution < 1.29 is 4.21 Å². The molecule has 2 nitrogen and oxygen atoms in total. The minimum Gasteiger partial charge on any atom is -0.309 e. The van der Waals surface area contributed by atoms with Crippen molar-refractivity contribution in [3.63, 3.8) is 0 Å². The predicted molar refractivity (Wildman–Crippen MR) is 92.0 cm³/mol. The van der Waals surface area contributed by atoms with Gasteiger partial charge in [0, 0.05) is 22.1 Å². The quantitative estimate of drug-likeness (QED) is 0.838. The summed E-state index contributed by atoms with van der Waals surface area (Å²) in [6, 6.07) is 8.92. The Hall–Kier alpha value is -0.670. The molecule has 4 atom stereocenters. The van der Waals surface area contributed by atoms with Gasteiger partial charge in [-0.3, -0.25) is 4.21 Å². The zero-order valence-electron chi connectivity index (χ0n) is 13.8. The second kappa shape index (κ2) is 7.55. The minimum absolute atomic E-state index is 0.228. The van der Waals surface area contributed by atoms with Crippen LogP contribution >= 0.6 is 0 Å². The lowest BCUT2D eigenvalue weighted by Crippen LogP contribution is -2.38. The van der Waals surface area contributed by atoms with Crippen LogP contribution in [0.4, 0.5) is 0 Å². The first kappa shape index (κ1) is 16.7. The van der Waals surface area contributed by atoms with Gasteiger partial charge >= 0.3 is 0 Å². The lowest BCUT2D eigenvalue weighted by atomic mass is 9.99. The third kappa shape index (κ3) is 3.75. The molecule has 0 heterocycles. The highest BCUT2D eigenvalue weighted by atomic mass is 32.2. The molecular weight excluding hydrogens is 278 g/mol. The van der Waals surface area contributed by atoms with E-state index in [1.807, 2.05) is 0 Å². The van der Waals surface area contributed by atoms with Gasteiger partial charge in [-0.25, -0.2) is 0 Å². The molecule has 1 aliphatic rings. The fraction of sp³-hybridized carbons (Fsp3) is 0.667. The van der Waals surface area contributed by atoms with Gasteiger partial charge in [-0.05, 0) is 42.9 Å². The van der Waals surface area contributed by atoms with Crippen LogP contribution in [0.3, 0.4) is 0 Å². The number of nitrogens with one attached hydrogen (secondary N) is 1. The zero-order chi connectivity index (χ0) is 15.4. The largest absolute Gasteiger partial charge is 0.309 e. The van der Waals surface area contributed by atoms with Gasteiger partial charge < -0.3 is 5.32 Å². The summed E-state index contributed by atoms with van der Waals surface area (Å²) in [7, 11) is -0.794. The Morgan fingerprint density at radius 2 is 2.00 bits per heavy atom. The van der Waals surface area contributed by atoms with Crippen LogP contribution in [0.5, 0.6) is 0 Å². The molecule has 0 aromatic heterocycles. The molecule has 118 valence electrons. The summed E-state index contributed by atoms with van der Waals surface area (Å²) in [6.07, 6.45) is 3.30. The normalized spacial score (nSPS) is 25.2. The molecule has 1 aromatic rings. The van der Waals surface area contributed by atoms with E-state index in [1.165, 1.54) is 11.1 Å². The molecule has 0 amide bonds. The fourth-order valence-corrected chi connectivity index (χ4v) is 5.18. The third-order valence-electron chi connectivity index (χ3n) is 4.72. The molecule has 0 bridgehead atoms. The molecule has 1 aliphatic carbocycles. The van der Waals surface area contributed by atoms with Crippen molar-refractivity contribution >= 4 is 10.8 Å². The number of benzene rings is 1. The standard InChI is InChI=1S/C18H29NOS/c1-5-19-18-16-11-7-6-9-15(16)10-8-12-17(18)21(20)14(4)13(2)3/h6-7,9,11,13-14,17-19H,5,8,10,12H2,1-4H3. The smallest absolute Gasteiger partial charge is 0.0545 e. The second-order valence-electron chi connectivity index (χ2n) is 6.44. The van der Waals surface area contributed by atoms with Crippen LogP contribution in [0.15, 0.2) is 24.3 Å². The van der Waals surface area contributed by atoms with Gasteiger partial charge in [-0.15, -0.1) is 0 Å². The zero-order valence-corrected chi connectivity index (χ0v) is 14.6. The minimum atomic E-state index is -0.794. The van der Waals surface area contributed by atoms with Crippen LogP contribution in [-0.2, 0) is 17.2 Å². The highest BCUT2D eigenvalue weighted by molar-refractivity contribution is 7.86. The van der Waals surface area contributed by atoms with Crippen LogP contribution in [0.2, 0.25) is 0 Å². The second-order valence-corrected chi connectivity index (χ2v) is 8.45. The van der Waals surface area contributed by atoms with E-state index in [1.54, 1.807) is 0 Å². The van der Waals surface area contributed by atoms with Crippen molar-refractivity contribution in [3.05, 3.63) is 35.4 Å². The van der Waals surface area contributed by atoms with Crippen molar-refractivity contribution in [2.75, 3.05) is 6.54 Å². The lowest BCUT2D eigenvalue weighted by Gasteiger charge is -2.30. The molecular formula is C18H29NOS. The maximum atomic E-state index is 13.1. The summed E-state index contributed by atoms with van der Waals surface area (Å²) >= 11 is 0. The molecule has 1 N–H and O–H groups in total. The summed E-state index contributed by atoms with van der Waals surface area (Å²) in [5, 5.41) is 4.09. The summed E-state index contributed by atoms with van der Waals surface area (Å²) in [4.78, 5) is 0. The van der Waals surface area contributed by atoms with E-state index in [-0.39, 0.29) is 16.5 Å². The third-order valence-corrected chi connectivity index (χ3v) is 7.11. The molecule has 21 heavy (non-hydrogen) atoms. The van der Waals surface area contributed by atoms with Gasteiger partial charge in [0.15, 0.2) is 0 Å². The number of hydrogen-bond acceptors (Lipinski definition) is 2. The summed E-state index contributed by atoms with van der Waals surface area (Å²) in [5.74, 6) is 0.464. The Morgan fingerprint density at radius 1 is 1.29 bits per heavy atom. The van der Waals surface area contributed by atoms with E-state index in [0.717, 1.165) is 25.8 Å². The highest BCUT2D eigenvalue weighted by Gasteiger charge is 2.34. The summed E-state index contributed by atoms with van der Waals surface area (Å²) in [6.45, 7) is 9.55. The molecule has 0 spiro atoms. The van der Waals surface area contributed by atoms with Crippen LogP contribution in [0, 0.1) is 5.92 Å². The number of hydrogen-bond donors (Lipinski definition) is 1. The predicted octanol–water partition coefficient (Wildman–Crippen LogP) is 3.84. The van der Waals surface area contributed by atoms with Crippen molar-refractivity contribution in [2.45, 2.75) is 63.5 Å². The fourth-order valence-electron chi connectivity index (χ4n) is 3.18. The van der Waals surface area contributed by atoms with Gasteiger partial charge in [0.1, 0.15) is 0 Å². The average Bonchev–Trinajstić information content (AvgIpc) is 2.66. The van der Waals surface area contributed by atoms with E-state index in [2.05, 4.69) is 57.3 Å². The Balaban J connectivity index is 2.34. The topological polar surface area (TPSA) is 29.1 Å². The number of fused-ring (bicyclic) bond motifs is 1. The monoisotopic (exact) mass is 307 g/mol. The van der Waals surface area contributed by atoms with Crippen molar-refractivity contribution in [1.82, 2.24) is 5.32 Å². The number of rotatable bonds is 5. The SMILES string of the molecule is CCNC1c2ccccc2CCCC1S(=O)C(C)C(C)C. The van der Waals surface area contributed by atoms with Gasteiger partial charge in [-0.1, -0.05) is 52.0 Å². The van der Waals surface area contributed by atoms with Crippen LogP contribution in [0.1, 0.15) is 57.7 Å². The first-order chi connectivity index (χ1) is 10.1. The Kier molecular flexibility index (Phi) is 6.00. The number of aryl methyl sites for hydroxylation is 1. The first-order valence-corrected chi connectivity index (χ1v) is 9.54. The lowest BCUT2D eigenvalue weighted by molar-refractivity contribution is 0.495. The van der Waals surface area contributed by atoms with Gasteiger partial charge in [-0.2, -0.15) is 0 Å². The van der Waals surface area contributed by atoms with Crippen molar-refractivity contribution in [1.29, 1.82) is 0 Å². The molecule has 3 heteroatoms. The van der Waals surface area contributed by atoms with Crippen LogP contribution < -0.4 is 5.32 Å². The van der Waals surface area contributed by atoms with Crippen LogP contribution in [-0.4, -0.2) is 21.3 Å². The van der Waals surface area contributed by atoms with Crippen molar-refractivity contribution in [2.24, 2.45) is 5.92 Å². The molecule has 1 aromatic carbocycles. The molecule has 0 saturated heterocycles. The molecule has 0 fully saturated rings. The summed E-state index contributed by atoms with van der Waals surface area (Å²) in [5.41, 5.74) is 2.80. The maximum absolute atomic E-state index is 13.1. The van der Waals surface area contributed by atoms with Gasteiger partial charge in [0.2, 0.25) is 0 Å². The highest BCUT2D eigenvalue weighted by Crippen LogP contribution is 2.33. The van der Waals surface area contributed by atoms with Crippen LogP contribution in [0.25, 0.3) is 0 Å². The van der Waals surface area contributed by atoms with E-state index in [9.17, 15) is 4.21 Å². The van der Waals surface area contributed by atoms with Crippen molar-refractivity contribution in [3.8, 4) is 0 Å². The molecule has 0 aliphatic heterocycles. The average molecular weight is 308 g/mol. The first-order valence-electron chi connectivity index (χ1n) is 8.26. The van der Waals surface area contributed by atoms with E-state index >= 15 is 0 Å². The Labute approximate surface area is 132 Å². The van der Waals surface area contributed by atoms with Gasteiger partial charge in [0.25, 0.3) is 0 Å². The molecule has 4 unspecified atom stereocenters. The Bertz CT molecular complexity index is 486. The van der Waals surface area contributed by atoms with E-state index in [0.29, 0.717) is 5.92 Å². The Morgan fingerprint density at radius 3 is 2.67 bits per heavy atom. The maximum Gasteiger partial charge on any atom is 0.0545 e.